The minimum absolute atomic E-state index is 0.0366. The molecule has 3 N–H and O–H groups in total. The smallest absolute Gasteiger partial charge is 0.462 e. The average molecular weight is 1500 g/mol. The van der Waals surface area contributed by atoms with Gasteiger partial charge in [-0.15, -0.1) is 0 Å². The summed E-state index contributed by atoms with van der Waals surface area (Å²) in [5.41, 5.74) is 0. The van der Waals surface area contributed by atoms with Crippen LogP contribution in [0.2, 0.25) is 0 Å². The molecule has 0 rings (SSSR count). The van der Waals surface area contributed by atoms with E-state index < -0.39 is 97.5 Å². The molecule has 0 saturated heterocycles. The van der Waals surface area contributed by atoms with Crippen molar-refractivity contribution in [3.63, 3.8) is 0 Å². The largest absolute Gasteiger partial charge is 0.472 e. The number of hydrogen-bond donors (Lipinski definition) is 3. The average Bonchev–Trinajstić information content (AvgIpc) is 0.943. The molecule has 104 heavy (non-hydrogen) atoms. The predicted molar refractivity (Wildman–Crippen MR) is 427 cm³/mol. The van der Waals surface area contributed by atoms with Crippen LogP contribution in [0, 0.1) is 0 Å². The number of hydrogen-bond acceptors (Lipinski definition) is 15. The lowest BCUT2D eigenvalue weighted by Crippen LogP contribution is -2.30. The zero-order valence-corrected chi connectivity index (χ0v) is 66.9. The second-order valence-corrected chi connectivity index (χ2v) is 29.5. The highest BCUT2D eigenvalue weighted by Gasteiger charge is 2.30. The van der Waals surface area contributed by atoms with Gasteiger partial charge in [0, 0.05) is 25.7 Å². The Balaban J connectivity index is 5.47. The summed E-state index contributed by atoms with van der Waals surface area (Å²) in [5.74, 6) is -2.31. The van der Waals surface area contributed by atoms with Crippen LogP contribution in [0.15, 0.2) is 134 Å². The normalized spacial score (nSPS) is 14.6. The van der Waals surface area contributed by atoms with E-state index >= 15 is 0 Å². The Morgan fingerprint density at radius 1 is 0.279 bits per heavy atom. The highest BCUT2D eigenvalue weighted by Crippen LogP contribution is 2.45. The van der Waals surface area contributed by atoms with Crippen molar-refractivity contribution in [2.24, 2.45) is 0 Å². The Kier molecular flexibility index (Phi) is 72.9. The third-order valence-electron chi connectivity index (χ3n) is 16.6. The molecule has 0 aliphatic carbocycles. The Hall–Kier alpha value is -4.80. The predicted octanol–water partition coefficient (Wildman–Crippen LogP) is 23.7. The highest BCUT2D eigenvalue weighted by atomic mass is 31.2. The topological polar surface area (TPSA) is 237 Å². The van der Waals surface area contributed by atoms with Crippen LogP contribution >= 0.6 is 15.6 Å². The third-order valence-corrected chi connectivity index (χ3v) is 18.5. The molecule has 0 aromatic heterocycles. The quantitative estimate of drug-likeness (QED) is 0.0169. The molecular formula is C85H144O17P2. The molecule has 19 heteroatoms. The van der Waals surface area contributed by atoms with Gasteiger partial charge in [0.15, 0.2) is 12.2 Å². The Labute approximate surface area is 631 Å². The van der Waals surface area contributed by atoms with Crippen molar-refractivity contribution >= 4 is 39.5 Å². The first-order chi connectivity index (χ1) is 50.7. The molecule has 0 aliphatic heterocycles. The van der Waals surface area contributed by atoms with Gasteiger partial charge in [0.25, 0.3) is 0 Å². The molecule has 596 valence electrons. The maximum absolute atomic E-state index is 13.1. The van der Waals surface area contributed by atoms with E-state index in [2.05, 4.69) is 143 Å². The van der Waals surface area contributed by atoms with Gasteiger partial charge in [-0.3, -0.25) is 37.3 Å². The van der Waals surface area contributed by atoms with Crippen molar-refractivity contribution in [2.45, 2.75) is 341 Å². The van der Waals surface area contributed by atoms with Crippen molar-refractivity contribution < 1.29 is 80.2 Å². The molecule has 0 radical (unpaired) electrons. The van der Waals surface area contributed by atoms with Crippen LogP contribution in [0.25, 0.3) is 0 Å². The number of phosphoric ester groups is 2. The summed E-state index contributed by atoms with van der Waals surface area (Å²) in [6.45, 7) is 4.59. The van der Waals surface area contributed by atoms with E-state index in [0.29, 0.717) is 32.1 Å². The second kappa shape index (κ2) is 76.4. The van der Waals surface area contributed by atoms with E-state index in [9.17, 15) is 43.2 Å². The fourth-order valence-corrected chi connectivity index (χ4v) is 12.0. The molecule has 2 unspecified atom stereocenters. The fraction of sp³-hybridized carbons (Fsp3) is 0.694. The summed E-state index contributed by atoms with van der Waals surface area (Å²) in [6, 6.07) is 0. The van der Waals surface area contributed by atoms with Gasteiger partial charge in [-0.1, -0.05) is 277 Å². The van der Waals surface area contributed by atoms with Gasteiger partial charge in [0.05, 0.1) is 26.4 Å². The first-order valence-corrected chi connectivity index (χ1v) is 43.4. The molecule has 0 fully saturated rings. The molecule has 5 atom stereocenters. The van der Waals surface area contributed by atoms with Gasteiger partial charge in [-0.05, 0) is 154 Å². The van der Waals surface area contributed by atoms with Crippen molar-refractivity contribution in [3.05, 3.63) is 134 Å². The standard InChI is InChI=1S/C85H144O17P2/c1-5-9-13-17-21-25-29-33-37-38-39-40-44-48-52-56-60-64-68-72-85(90)102-81(76-96-83(88)70-66-62-58-54-50-46-42-35-31-27-23-19-15-11-7-3)78-100-104(93,94)98-74-79(86)73-97-103(91,92)99-77-80(101-84(89)71-67-63-59-55-51-47-43-36-32-28-24-20-16-12-8-4)75-95-82(87)69-65-61-57-53-49-45-41-34-30-26-22-18-14-10-6-2/h9,13,21-23,25-27,33-37,39-43,48,52,60,64,79-81,86H,5-8,10-12,14-20,24,28-32,38,44-47,49-51,53-59,61-63,65-78H2,1-4H3,(H,91,92)(H,93,94)/b13-9-,25-21-,26-22-,27-23-,37-33-,40-39-,41-34-,42-35-,43-36-,52-48-,64-60-/t79-,80+,81+/m0/s1. The maximum atomic E-state index is 13.1. The number of carbonyl (C=O) groups is 4. The summed E-state index contributed by atoms with van der Waals surface area (Å²) in [7, 11) is -10.00. The van der Waals surface area contributed by atoms with E-state index in [1.54, 1.807) is 0 Å². The number of aliphatic hydroxyl groups excluding tert-OH is 1. The minimum atomic E-state index is -5.01. The summed E-state index contributed by atoms with van der Waals surface area (Å²) in [4.78, 5) is 73.0. The third kappa shape index (κ3) is 75.4. The van der Waals surface area contributed by atoms with Gasteiger partial charge < -0.3 is 33.8 Å². The lowest BCUT2D eigenvalue weighted by molar-refractivity contribution is -0.161. The van der Waals surface area contributed by atoms with Gasteiger partial charge in [0.1, 0.15) is 19.3 Å². The zero-order chi connectivity index (χ0) is 76.0. The SMILES string of the molecule is CC/C=C\C/C=C\C/C=C\C/C=C\C/C=C\C/C=C\CCC(=O)O[C@H](COC(=O)CCCCCCC/C=C\C/C=C\CCCCC)COP(=O)(O)OC[C@@H](O)COP(=O)(O)OC[C@@H](COC(=O)CCCCCCC/C=C\C/C=C\CCCCC)OC(=O)CCCCCCC/C=C\CCCCCCCC. The number of unbranched alkanes of at least 4 members (excludes halogenated alkanes) is 27. The lowest BCUT2D eigenvalue weighted by Gasteiger charge is -2.21. The monoisotopic (exact) mass is 1500 g/mol. The molecule has 0 bridgehead atoms. The van der Waals surface area contributed by atoms with Gasteiger partial charge in [-0.25, -0.2) is 9.13 Å². The van der Waals surface area contributed by atoms with Gasteiger partial charge in [0.2, 0.25) is 0 Å². The number of carbonyl (C=O) groups excluding carboxylic acids is 4. The van der Waals surface area contributed by atoms with Crippen molar-refractivity contribution in [2.75, 3.05) is 39.6 Å². The van der Waals surface area contributed by atoms with Crippen molar-refractivity contribution in [1.82, 2.24) is 0 Å². The van der Waals surface area contributed by atoms with Crippen LogP contribution < -0.4 is 0 Å². The summed E-state index contributed by atoms with van der Waals surface area (Å²) >= 11 is 0. The number of esters is 4. The molecule has 0 aromatic carbocycles. The molecule has 0 aliphatic rings. The summed E-state index contributed by atoms with van der Waals surface area (Å²) in [6.07, 6.45) is 85.8. The molecule has 17 nitrogen and oxygen atoms in total. The van der Waals surface area contributed by atoms with Gasteiger partial charge in [-0.2, -0.15) is 0 Å². The van der Waals surface area contributed by atoms with E-state index in [0.717, 1.165) is 161 Å². The number of ether oxygens (including phenoxy) is 4. The van der Waals surface area contributed by atoms with E-state index in [-0.39, 0.29) is 25.7 Å². The van der Waals surface area contributed by atoms with Crippen molar-refractivity contribution in [1.29, 1.82) is 0 Å². The molecular weight excluding hydrogens is 1350 g/mol. The van der Waals surface area contributed by atoms with E-state index in [1.165, 1.54) is 77.0 Å². The lowest BCUT2D eigenvalue weighted by atomic mass is 10.1. The molecule has 0 heterocycles. The van der Waals surface area contributed by atoms with Crippen LogP contribution in [-0.4, -0.2) is 96.7 Å². The summed E-state index contributed by atoms with van der Waals surface area (Å²) < 4.78 is 68.5. The number of phosphoric acid groups is 2. The number of aliphatic hydroxyl groups is 1. The van der Waals surface area contributed by atoms with Crippen LogP contribution in [0.1, 0.15) is 323 Å². The first kappa shape index (κ1) is 99.2. The molecule has 0 aromatic rings. The van der Waals surface area contributed by atoms with Crippen LogP contribution in [-0.2, 0) is 65.4 Å². The minimum Gasteiger partial charge on any atom is -0.462 e. The number of allylic oxidation sites excluding steroid dienone is 22. The zero-order valence-electron chi connectivity index (χ0n) is 65.2. The molecule has 0 spiro atoms. The Bertz CT molecular complexity index is 2490. The van der Waals surface area contributed by atoms with E-state index in [1.807, 2.05) is 18.2 Å². The van der Waals surface area contributed by atoms with E-state index in [4.69, 9.17) is 37.0 Å². The number of rotatable bonds is 75. The summed E-state index contributed by atoms with van der Waals surface area (Å²) in [5, 5.41) is 10.6. The second-order valence-electron chi connectivity index (χ2n) is 26.6. The maximum Gasteiger partial charge on any atom is 0.472 e. The van der Waals surface area contributed by atoms with Crippen LogP contribution in [0.5, 0.6) is 0 Å². The fourth-order valence-electron chi connectivity index (χ4n) is 10.4. The molecule has 0 saturated carbocycles. The first-order valence-electron chi connectivity index (χ1n) is 40.4. The van der Waals surface area contributed by atoms with Crippen LogP contribution in [0.4, 0.5) is 0 Å². The highest BCUT2D eigenvalue weighted by molar-refractivity contribution is 7.47. The van der Waals surface area contributed by atoms with Gasteiger partial charge >= 0.3 is 39.5 Å². The Morgan fingerprint density at radius 3 is 0.856 bits per heavy atom. The molecule has 0 amide bonds. The van der Waals surface area contributed by atoms with Crippen molar-refractivity contribution in [3.8, 4) is 0 Å². The van der Waals surface area contributed by atoms with Crippen LogP contribution in [0.3, 0.4) is 0 Å². The Morgan fingerprint density at radius 2 is 0.519 bits per heavy atom.